The summed E-state index contributed by atoms with van der Waals surface area (Å²) in [5, 5.41) is 0.801. The molecule has 1 fully saturated rings. The van der Waals surface area contributed by atoms with Crippen LogP contribution in [0.15, 0.2) is 78.9 Å². The first-order valence-corrected chi connectivity index (χ1v) is 12.6. The summed E-state index contributed by atoms with van der Waals surface area (Å²) in [6.45, 7) is 13.6. The predicted octanol–water partition coefficient (Wildman–Crippen LogP) is 6.98. The first-order chi connectivity index (χ1) is 15.9. The summed E-state index contributed by atoms with van der Waals surface area (Å²) in [5.74, 6) is 0.405. The van der Waals surface area contributed by atoms with Crippen LogP contribution in [-0.4, -0.2) is 42.5 Å². The first kappa shape index (κ1) is 24.0. The minimum Gasteiger partial charge on any atom is -0.301 e. The molecule has 3 aromatic rings. The summed E-state index contributed by atoms with van der Waals surface area (Å²) < 4.78 is 0. The van der Waals surface area contributed by atoms with E-state index in [1.54, 1.807) is 0 Å². The summed E-state index contributed by atoms with van der Waals surface area (Å²) in [7, 11) is 0. The quantitative estimate of drug-likeness (QED) is 0.375. The number of hydrogen-bond acceptors (Lipinski definition) is 2. The molecule has 1 aliphatic rings. The lowest BCUT2D eigenvalue weighted by Crippen LogP contribution is -2.46. The van der Waals surface area contributed by atoms with Gasteiger partial charge in [0.25, 0.3) is 0 Å². The highest BCUT2D eigenvalue weighted by Gasteiger charge is 2.20. The highest BCUT2D eigenvalue weighted by molar-refractivity contribution is 6.30. The van der Waals surface area contributed by atoms with E-state index in [1.807, 2.05) is 12.1 Å². The molecule has 1 atom stereocenters. The van der Waals surface area contributed by atoms with Crippen LogP contribution in [0.3, 0.4) is 0 Å². The molecule has 1 saturated heterocycles. The SMILES string of the molecule is CC(C)(C)c1ccc(CN2CCN(CCC(c3ccccc3)c3ccc(Cl)cc3)CC2)cc1. The Bertz CT molecular complexity index is 982. The molecular formula is C30H37ClN2. The van der Waals surface area contributed by atoms with Gasteiger partial charge in [0.2, 0.25) is 0 Å². The van der Waals surface area contributed by atoms with Gasteiger partial charge in [-0.2, -0.15) is 0 Å². The van der Waals surface area contributed by atoms with Crippen LogP contribution in [0.1, 0.15) is 55.4 Å². The van der Waals surface area contributed by atoms with Crippen molar-refractivity contribution in [3.05, 3.63) is 106 Å². The second-order valence-corrected chi connectivity index (χ2v) is 10.8. The van der Waals surface area contributed by atoms with Gasteiger partial charge in [0.05, 0.1) is 0 Å². The third-order valence-electron chi connectivity index (χ3n) is 6.90. The molecule has 0 bridgehead atoms. The van der Waals surface area contributed by atoms with Crippen molar-refractivity contribution in [1.29, 1.82) is 0 Å². The molecule has 0 saturated carbocycles. The van der Waals surface area contributed by atoms with E-state index in [9.17, 15) is 0 Å². The zero-order chi connectivity index (χ0) is 23.3. The van der Waals surface area contributed by atoms with Crippen LogP contribution in [0.25, 0.3) is 0 Å². The molecule has 0 aromatic heterocycles. The van der Waals surface area contributed by atoms with Crippen LogP contribution in [0.5, 0.6) is 0 Å². The van der Waals surface area contributed by atoms with Crippen molar-refractivity contribution in [3.63, 3.8) is 0 Å². The van der Waals surface area contributed by atoms with Gasteiger partial charge in [-0.25, -0.2) is 0 Å². The fourth-order valence-corrected chi connectivity index (χ4v) is 4.88. The van der Waals surface area contributed by atoms with Crippen LogP contribution in [0.4, 0.5) is 0 Å². The third kappa shape index (κ3) is 6.69. The van der Waals surface area contributed by atoms with Crippen molar-refractivity contribution in [2.75, 3.05) is 32.7 Å². The highest BCUT2D eigenvalue weighted by Crippen LogP contribution is 2.29. The second-order valence-electron chi connectivity index (χ2n) is 10.4. The van der Waals surface area contributed by atoms with E-state index in [0.717, 1.165) is 50.7 Å². The fourth-order valence-electron chi connectivity index (χ4n) is 4.76. The largest absolute Gasteiger partial charge is 0.301 e. The van der Waals surface area contributed by atoms with Crippen molar-refractivity contribution in [2.45, 2.75) is 45.1 Å². The zero-order valence-corrected chi connectivity index (χ0v) is 21.1. The van der Waals surface area contributed by atoms with Crippen LogP contribution in [-0.2, 0) is 12.0 Å². The summed E-state index contributed by atoms with van der Waals surface area (Å²) in [6, 6.07) is 28.5. The van der Waals surface area contributed by atoms with Crippen LogP contribution < -0.4 is 0 Å². The molecule has 0 N–H and O–H groups in total. The van der Waals surface area contributed by atoms with Crippen molar-refractivity contribution in [3.8, 4) is 0 Å². The maximum atomic E-state index is 6.15. The minimum atomic E-state index is 0.216. The normalized spacial score (nSPS) is 16.6. The predicted molar refractivity (Wildman–Crippen MR) is 141 cm³/mol. The van der Waals surface area contributed by atoms with E-state index in [-0.39, 0.29) is 5.41 Å². The Morgan fingerprint density at radius 3 is 1.91 bits per heavy atom. The molecule has 0 aliphatic carbocycles. The number of benzene rings is 3. The van der Waals surface area contributed by atoms with E-state index in [2.05, 4.69) is 97.3 Å². The standard InChI is InChI=1S/C30H37ClN2/c1-30(2,3)27-13-9-24(10-14-27)23-33-21-19-32(20-22-33)18-17-29(25-7-5-4-6-8-25)26-11-15-28(31)16-12-26/h4-16,29H,17-23H2,1-3H3. The second kappa shape index (κ2) is 10.9. The summed E-state index contributed by atoms with van der Waals surface area (Å²) >= 11 is 6.15. The average molecular weight is 461 g/mol. The number of piperazine rings is 1. The van der Waals surface area contributed by atoms with Gasteiger partial charge in [-0.3, -0.25) is 4.90 Å². The van der Waals surface area contributed by atoms with Gasteiger partial charge < -0.3 is 4.90 Å². The molecule has 0 spiro atoms. The van der Waals surface area contributed by atoms with Crippen molar-refractivity contribution < 1.29 is 0 Å². The Balaban J connectivity index is 1.31. The summed E-state index contributed by atoms with van der Waals surface area (Å²) in [5.41, 5.74) is 5.78. The third-order valence-corrected chi connectivity index (χ3v) is 7.15. The lowest BCUT2D eigenvalue weighted by Gasteiger charge is -2.35. The van der Waals surface area contributed by atoms with E-state index in [4.69, 9.17) is 11.6 Å². The molecule has 1 heterocycles. The van der Waals surface area contributed by atoms with Gasteiger partial charge in [-0.1, -0.05) is 99.1 Å². The van der Waals surface area contributed by atoms with Gasteiger partial charge in [0.15, 0.2) is 0 Å². The van der Waals surface area contributed by atoms with Crippen LogP contribution >= 0.6 is 11.6 Å². The molecule has 4 rings (SSSR count). The van der Waals surface area contributed by atoms with Gasteiger partial charge in [-0.05, 0) is 52.8 Å². The monoisotopic (exact) mass is 460 g/mol. The molecule has 1 aliphatic heterocycles. The van der Waals surface area contributed by atoms with Crippen molar-refractivity contribution in [2.24, 2.45) is 0 Å². The molecule has 3 aromatic carbocycles. The Labute approximate surface area is 205 Å². The van der Waals surface area contributed by atoms with E-state index < -0.39 is 0 Å². The maximum Gasteiger partial charge on any atom is 0.0406 e. The summed E-state index contributed by atoms with van der Waals surface area (Å²) in [4.78, 5) is 5.22. The fraction of sp³-hybridized carbons (Fsp3) is 0.400. The molecular weight excluding hydrogens is 424 g/mol. The molecule has 0 amide bonds. The Hall–Kier alpha value is -2.13. The van der Waals surface area contributed by atoms with E-state index >= 15 is 0 Å². The lowest BCUT2D eigenvalue weighted by atomic mass is 9.87. The summed E-state index contributed by atoms with van der Waals surface area (Å²) in [6.07, 6.45) is 1.12. The average Bonchev–Trinajstić information content (AvgIpc) is 2.82. The smallest absolute Gasteiger partial charge is 0.0406 e. The van der Waals surface area contributed by atoms with Gasteiger partial charge in [-0.15, -0.1) is 0 Å². The molecule has 0 radical (unpaired) electrons. The van der Waals surface area contributed by atoms with Gasteiger partial charge in [0.1, 0.15) is 0 Å². The van der Waals surface area contributed by atoms with Crippen molar-refractivity contribution >= 4 is 11.6 Å². The topological polar surface area (TPSA) is 6.48 Å². The molecule has 2 nitrogen and oxygen atoms in total. The minimum absolute atomic E-state index is 0.216. The number of halogens is 1. The zero-order valence-electron chi connectivity index (χ0n) is 20.3. The van der Waals surface area contributed by atoms with Crippen LogP contribution in [0.2, 0.25) is 5.02 Å². The first-order valence-electron chi connectivity index (χ1n) is 12.2. The Morgan fingerprint density at radius 1 is 0.727 bits per heavy atom. The number of rotatable bonds is 7. The Morgan fingerprint density at radius 2 is 1.30 bits per heavy atom. The molecule has 174 valence electrons. The van der Waals surface area contributed by atoms with Gasteiger partial charge >= 0.3 is 0 Å². The maximum absolute atomic E-state index is 6.15. The van der Waals surface area contributed by atoms with E-state index in [1.165, 1.54) is 22.3 Å². The molecule has 3 heteroatoms. The van der Waals surface area contributed by atoms with Crippen LogP contribution in [0, 0.1) is 0 Å². The molecule has 1 unspecified atom stereocenters. The lowest BCUT2D eigenvalue weighted by molar-refractivity contribution is 0.125. The number of nitrogens with zero attached hydrogens (tertiary/aromatic N) is 2. The van der Waals surface area contributed by atoms with E-state index in [0.29, 0.717) is 5.92 Å². The molecule has 33 heavy (non-hydrogen) atoms. The van der Waals surface area contributed by atoms with Crippen molar-refractivity contribution in [1.82, 2.24) is 9.80 Å². The number of hydrogen-bond donors (Lipinski definition) is 0. The Kier molecular flexibility index (Phi) is 7.90. The highest BCUT2D eigenvalue weighted by atomic mass is 35.5. The van der Waals surface area contributed by atoms with Gasteiger partial charge in [0, 0.05) is 43.7 Å².